The molecule has 9 heteroatoms. The number of rotatable bonds is 4. The van der Waals surface area contributed by atoms with Gasteiger partial charge in [0.15, 0.2) is 18.6 Å². The van der Waals surface area contributed by atoms with Gasteiger partial charge in [-0.15, -0.1) is 10.2 Å². The molecule has 22 heavy (non-hydrogen) atoms. The maximum absolute atomic E-state index is 11.9. The fraction of sp³-hybridized carbons (Fsp3) is 0.154. The van der Waals surface area contributed by atoms with Crippen molar-refractivity contribution in [2.45, 2.75) is 6.92 Å². The minimum absolute atomic E-state index is 0.293. The van der Waals surface area contributed by atoms with Crippen molar-refractivity contribution < 1.29 is 18.7 Å². The third-order valence-electron chi connectivity index (χ3n) is 2.67. The van der Waals surface area contributed by atoms with Crippen molar-refractivity contribution in [3.8, 4) is 0 Å². The molecule has 112 valence electrons. The van der Waals surface area contributed by atoms with Crippen LogP contribution < -0.4 is 5.32 Å². The van der Waals surface area contributed by atoms with E-state index in [1.54, 1.807) is 19.1 Å². The first-order valence-corrected chi connectivity index (χ1v) is 7.04. The Morgan fingerprint density at radius 2 is 2.23 bits per heavy atom. The maximum Gasteiger partial charge on any atom is 0.338 e. The van der Waals surface area contributed by atoms with Gasteiger partial charge in [-0.3, -0.25) is 10.1 Å². The van der Waals surface area contributed by atoms with Crippen LogP contribution in [0.2, 0.25) is 0 Å². The van der Waals surface area contributed by atoms with E-state index in [-0.39, 0.29) is 0 Å². The molecule has 1 amide bonds. The van der Waals surface area contributed by atoms with Gasteiger partial charge in [0, 0.05) is 0 Å². The predicted octanol–water partition coefficient (Wildman–Crippen LogP) is 1.78. The quantitative estimate of drug-likeness (QED) is 0.730. The van der Waals surface area contributed by atoms with Gasteiger partial charge in [-0.25, -0.2) is 9.78 Å². The molecule has 1 N–H and O–H groups in total. The number of oxazole rings is 1. The van der Waals surface area contributed by atoms with Gasteiger partial charge in [0.1, 0.15) is 10.5 Å². The summed E-state index contributed by atoms with van der Waals surface area (Å²) < 4.78 is 10.0. The highest BCUT2D eigenvalue weighted by molar-refractivity contribution is 7.15. The highest BCUT2D eigenvalue weighted by atomic mass is 32.1. The van der Waals surface area contributed by atoms with Crippen LogP contribution in [-0.2, 0) is 9.53 Å². The van der Waals surface area contributed by atoms with Crippen LogP contribution >= 0.6 is 11.3 Å². The largest absolute Gasteiger partial charge is 0.452 e. The van der Waals surface area contributed by atoms with Gasteiger partial charge in [0.25, 0.3) is 5.91 Å². The molecule has 0 radical (unpaired) electrons. The van der Waals surface area contributed by atoms with Crippen LogP contribution in [0.1, 0.15) is 15.4 Å². The van der Waals surface area contributed by atoms with Crippen LogP contribution in [0.5, 0.6) is 0 Å². The molecule has 0 aliphatic rings. The normalized spacial score (nSPS) is 10.6. The Bertz CT molecular complexity index is 841. The zero-order valence-electron chi connectivity index (χ0n) is 11.4. The molecule has 0 bridgehead atoms. The molecule has 0 fully saturated rings. The van der Waals surface area contributed by atoms with Crippen molar-refractivity contribution in [2.75, 3.05) is 11.9 Å². The topological polar surface area (TPSA) is 107 Å². The summed E-state index contributed by atoms with van der Waals surface area (Å²) >= 11 is 1.24. The van der Waals surface area contributed by atoms with Crippen LogP contribution in [0, 0.1) is 6.92 Å². The Kier molecular flexibility index (Phi) is 3.79. The van der Waals surface area contributed by atoms with Gasteiger partial charge in [0.2, 0.25) is 5.13 Å². The number of anilines is 1. The number of fused-ring (bicyclic) bond motifs is 1. The Morgan fingerprint density at radius 3 is 3.00 bits per heavy atom. The summed E-state index contributed by atoms with van der Waals surface area (Å²) in [7, 11) is 0. The van der Waals surface area contributed by atoms with Crippen LogP contribution in [0.4, 0.5) is 5.13 Å². The van der Waals surface area contributed by atoms with Crippen molar-refractivity contribution in [1.29, 1.82) is 0 Å². The van der Waals surface area contributed by atoms with Crippen molar-refractivity contribution in [3.05, 3.63) is 35.2 Å². The second-order valence-electron chi connectivity index (χ2n) is 4.29. The van der Waals surface area contributed by atoms with Crippen molar-refractivity contribution in [1.82, 2.24) is 15.2 Å². The first-order chi connectivity index (χ1) is 10.6. The number of benzene rings is 1. The molecule has 3 rings (SSSR count). The number of amides is 1. The van der Waals surface area contributed by atoms with E-state index in [0.29, 0.717) is 21.8 Å². The second-order valence-corrected chi connectivity index (χ2v) is 5.47. The lowest BCUT2D eigenvalue weighted by Crippen LogP contribution is -2.20. The van der Waals surface area contributed by atoms with E-state index in [0.717, 1.165) is 5.01 Å². The number of nitrogens with one attached hydrogen (secondary N) is 1. The molecular formula is C13H10N4O4S. The molecule has 0 atom stereocenters. The predicted molar refractivity (Wildman–Crippen MR) is 77.6 cm³/mol. The van der Waals surface area contributed by atoms with E-state index >= 15 is 0 Å². The highest BCUT2D eigenvalue weighted by Crippen LogP contribution is 2.15. The van der Waals surface area contributed by atoms with Crippen LogP contribution in [0.3, 0.4) is 0 Å². The van der Waals surface area contributed by atoms with E-state index in [9.17, 15) is 9.59 Å². The first kappa shape index (κ1) is 14.1. The number of ether oxygens (including phenoxy) is 1. The lowest BCUT2D eigenvalue weighted by Gasteiger charge is -2.04. The lowest BCUT2D eigenvalue weighted by molar-refractivity contribution is -0.119. The first-order valence-electron chi connectivity index (χ1n) is 6.22. The van der Waals surface area contributed by atoms with Gasteiger partial charge in [0.05, 0.1) is 5.56 Å². The maximum atomic E-state index is 11.9. The molecule has 2 aromatic heterocycles. The number of esters is 1. The van der Waals surface area contributed by atoms with E-state index < -0.39 is 18.5 Å². The van der Waals surface area contributed by atoms with Crippen LogP contribution in [-0.4, -0.2) is 33.7 Å². The van der Waals surface area contributed by atoms with E-state index in [1.807, 2.05) is 0 Å². The number of hydrogen-bond donors (Lipinski definition) is 1. The Hall–Kier alpha value is -2.81. The van der Waals surface area contributed by atoms with E-state index in [1.165, 1.54) is 23.8 Å². The van der Waals surface area contributed by atoms with Gasteiger partial charge >= 0.3 is 5.97 Å². The molecule has 0 aliphatic carbocycles. The average molecular weight is 318 g/mol. The third kappa shape index (κ3) is 3.09. The molecule has 1 aromatic carbocycles. The molecule has 0 saturated carbocycles. The van der Waals surface area contributed by atoms with Gasteiger partial charge in [-0.05, 0) is 25.1 Å². The average Bonchev–Trinajstić information content (AvgIpc) is 3.12. The third-order valence-corrected chi connectivity index (χ3v) is 3.43. The molecule has 0 saturated heterocycles. The summed E-state index contributed by atoms with van der Waals surface area (Å²) in [6.07, 6.45) is 1.29. The monoisotopic (exact) mass is 318 g/mol. The molecule has 8 nitrogen and oxygen atoms in total. The lowest BCUT2D eigenvalue weighted by atomic mass is 10.2. The fourth-order valence-electron chi connectivity index (χ4n) is 1.70. The molecule has 0 aliphatic heterocycles. The summed E-state index contributed by atoms with van der Waals surface area (Å²) in [5.41, 5.74) is 1.41. The summed E-state index contributed by atoms with van der Waals surface area (Å²) in [5, 5.41) is 11.1. The smallest absolute Gasteiger partial charge is 0.338 e. The molecule has 2 heterocycles. The Labute approximate surface area is 128 Å². The molecule has 0 spiro atoms. The minimum atomic E-state index is -0.617. The number of carbonyl (C=O) groups is 2. The van der Waals surface area contributed by atoms with Crippen molar-refractivity contribution in [2.24, 2.45) is 0 Å². The Morgan fingerprint density at radius 1 is 1.36 bits per heavy atom. The second kappa shape index (κ2) is 5.90. The standard InChI is InChI=1S/C13H10N4O4S/c1-7-16-17-13(22-7)15-11(18)5-20-12(19)8-2-3-10-9(4-8)14-6-21-10/h2-4,6H,5H2,1H3,(H,15,17,18). The van der Waals surface area contributed by atoms with Crippen molar-refractivity contribution >= 4 is 39.4 Å². The minimum Gasteiger partial charge on any atom is -0.452 e. The molecule has 0 unspecified atom stereocenters. The van der Waals surface area contributed by atoms with Gasteiger partial charge in [-0.2, -0.15) is 0 Å². The van der Waals surface area contributed by atoms with Crippen LogP contribution in [0.25, 0.3) is 11.1 Å². The van der Waals surface area contributed by atoms with E-state index in [2.05, 4.69) is 20.5 Å². The number of carbonyl (C=O) groups excluding carboxylic acids is 2. The van der Waals surface area contributed by atoms with E-state index in [4.69, 9.17) is 9.15 Å². The SMILES string of the molecule is Cc1nnc(NC(=O)COC(=O)c2ccc3ocnc3c2)s1. The fourth-order valence-corrected chi connectivity index (χ4v) is 2.31. The van der Waals surface area contributed by atoms with Gasteiger partial charge in [-0.1, -0.05) is 11.3 Å². The summed E-state index contributed by atoms with van der Waals surface area (Å²) in [4.78, 5) is 27.5. The number of nitrogens with zero attached hydrogens (tertiary/aromatic N) is 3. The van der Waals surface area contributed by atoms with Crippen molar-refractivity contribution in [3.63, 3.8) is 0 Å². The number of hydrogen-bond acceptors (Lipinski definition) is 8. The zero-order chi connectivity index (χ0) is 15.5. The highest BCUT2D eigenvalue weighted by Gasteiger charge is 2.13. The number of aryl methyl sites for hydroxylation is 1. The number of aromatic nitrogens is 3. The summed E-state index contributed by atoms with van der Waals surface area (Å²) in [5.74, 6) is -1.10. The zero-order valence-corrected chi connectivity index (χ0v) is 12.2. The summed E-state index contributed by atoms with van der Waals surface area (Å²) in [6.45, 7) is 1.36. The summed E-state index contributed by atoms with van der Waals surface area (Å²) in [6, 6.07) is 4.69. The molecular weight excluding hydrogens is 308 g/mol. The molecule has 3 aromatic rings. The van der Waals surface area contributed by atoms with Crippen LogP contribution in [0.15, 0.2) is 29.0 Å². The van der Waals surface area contributed by atoms with Gasteiger partial charge < -0.3 is 9.15 Å². The Balaban J connectivity index is 1.58.